The molecule has 0 spiro atoms. The monoisotopic (exact) mass is 585 g/mol. The number of carbonyl (C=O) groups excluding carboxylic acids is 3. The summed E-state index contributed by atoms with van der Waals surface area (Å²) in [5, 5.41) is 0. The number of methoxy groups -OCH3 is 2. The lowest BCUT2D eigenvalue weighted by Gasteiger charge is -2.22. The SMILES string of the molecule is CC.COC1C(COC(=O)c2ccc(CCC(F)(F)F)cc2)O[C@@H](n2ccc(N)nc2=O)C1OC.O=C/C=C\C=O. The number of benzene rings is 1. The van der Waals surface area contributed by atoms with E-state index in [2.05, 4.69) is 4.98 Å². The third-order valence-electron chi connectivity index (χ3n) is 5.49. The molecule has 4 atom stereocenters. The van der Waals surface area contributed by atoms with Crippen LogP contribution in [0.15, 0.2) is 53.5 Å². The third-order valence-corrected chi connectivity index (χ3v) is 5.49. The molecule has 3 unspecified atom stereocenters. The molecular weight excluding hydrogens is 551 g/mol. The number of hydrogen-bond acceptors (Lipinski definition) is 10. The van der Waals surface area contributed by atoms with Crippen molar-refractivity contribution in [3.63, 3.8) is 0 Å². The fourth-order valence-corrected chi connectivity index (χ4v) is 3.65. The van der Waals surface area contributed by atoms with Crippen molar-refractivity contribution in [1.29, 1.82) is 0 Å². The number of allylic oxidation sites excluding steroid dienone is 2. The number of nitrogens with zero attached hydrogens (tertiary/aromatic N) is 2. The molecule has 1 aromatic carbocycles. The summed E-state index contributed by atoms with van der Waals surface area (Å²) in [6, 6.07) is 7.13. The Morgan fingerprint density at radius 2 is 1.63 bits per heavy atom. The number of aromatic nitrogens is 2. The molecule has 14 heteroatoms. The Kier molecular flexibility index (Phi) is 15.2. The molecule has 1 aliphatic rings. The van der Waals surface area contributed by atoms with Crippen LogP contribution < -0.4 is 11.4 Å². The minimum atomic E-state index is -4.25. The zero-order valence-corrected chi connectivity index (χ0v) is 23.1. The number of nitrogens with two attached hydrogens (primary N) is 1. The number of alkyl halides is 3. The van der Waals surface area contributed by atoms with Crippen LogP contribution in [-0.2, 0) is 35.0 Å². The summed E-state index contributed by atoms with van der Waals surface area (Å²) in [6.45, 7) is 3.79. The molecule has 1 saturated heterocycles. The standard InChI is InChI=1S/C21H24F3N3O6.C4H4O2.C2H6/c1-30-16-14(33-18(17(16)31-2)27-10-8-15(25)26-20(27)29)11-32-19(28)13-5-3-12(4-6-13)7-9-21(22,23)24;5-3-1-2-4-6;1-2/h3-6,8,10,14,16-18H,7,9,11H2,1-2H3,(H2,25,26,29);1-4H;1-2H3/b;2-1-;/t14?,16?,17?,18-;;/m1../s1. The summed E-state index contributed by atoms with van der Waals surface area (Å²) >= 11 is 0. The van der Waals surface area contributed by atoms with E-state index in [1.165, 1.54) is 55.3 Å². The molecule has 0 bridgehead atoms. The molecule has 11 nitrogen and oxygen atoms in total. The smallest absolute Gasteiger partial charge is 0.389 e. The van der Waals surface area contributed by atoms with Crippen molar-refractivity contribution < 1.29 is 46.5 Å². The highest BCUT2D eigenvalue weighted by Crippen LogP contribution is 2.32. The fourth-order valence-electron chi connectivity index (χ4n) is 3.65. The second kappa shape index (κ2) is 17.7. The lowest BCUT2D eigenvalue weighted by molar-refractivity contribution is -0.134. The van der Waals surface area contributed by atoms with E-state index in [9.17, 15) is 32.3 Å². The number of aryl methyl sites for hydroxylation is 1. The molecule has 3 rings (SSSR count). The topological polar surface area (TPSA) is 149 Å². The molecule has 2 aromatic rings. The van der Waals surface area contributed by atoms with E-state index in [1.807, 2.05) is 13.8 Å². The van der Waals surface area contributed by atoms with Crippen LogP contribution in [-0.4, -0.2) is 73.4 Å². The molecule has 0 amide bonds. The van der Waals surface area contributed by atoms with Crippen LogP contribution in [0.4, 0.5) is 19.0 Å². The van der Waals surface area contributed by atoms with E-state index < -0.39 is 48.8 Å². The number of halogens is 3. The van der Waals surface area contributed by atoms with E-state index in [1.54, 1.807) is 0 Å². The number of nitrogen functional groups attached to an aromatic ring is 1. The Hall–Kier alpha value is -3.88. The summed E-state index contributed by atoms with van der Waals surface area (Å²) in [5.74, 6) is -0.624. The first kappa shape index (κ1) is 35.1. The van der Waals surface area contributed by atoms with Gasteiger partial charge in [-0.1, -0.05) is 26.0 Å². The highest BCUT2D eigenvalue weighted by Gasteiger charge is 2.47. The highest BCUT2D eigenvalue weighted by molar-refractivity contribution is 5.89. The molecule has 1 aliphatic heterocycles. The van der Waals surface area contributed by atoms with Gasteiger partial charge in [-0.2, -0.15) is 18.2 Å². The van der Waals surface area contributed by atoms with Crippen molar-refractivity contribution in [2.24, 2.45) is 0 Å². The van der Waals surface area contributed by atoms with Crippen LogP contribution in [0, 0.1) is 0 Å². The largest absolute Gasteiger partial charge is 0.459 e. The molecule has 226 valence electrons. The number of carbonyl (C=O) groups is 3. The summed E-state index contributed by atoms with van der Waals surface area (Å²) < 4.78 is 60.4. The lowest BCUT2D eigenvalue weighted by Crippen LogP contribution is -2.39. The molecule has 2 N–H and O–H groups in total. The van der Waals surface area contributed by atoms with Crippen molar-refractivity contribution >= 4 is 24.4 Å². The molecule has 0 saturated carbocycles. The van der Waals surface area contributed by atoms with Gasteiger partial charge in [-0.25, -0.2) is 9.59 Å². The second-order valence-electron chi connectivity index (χ2n) is 8.08. The second-order valence-corrected chi connectivity index (χ2v) is 8.08. The van der Waals surface area contributed by atoms with E-state index >= 15 is 0 Å². The van der Waals surface area contributed by atoms with Crippen LogP contribution in [0.3, 0.4) is 0 Å². The van der Waals surface area contributed by atoms with E-state index in [0.29, 0.717) is 18.1 Å². The van der Waals surface area contributed by atoms with Crippen LogP contribution in [0.5, 0.6) is 0 Å². The van der Waals surface area contributed by atoms with Crippen molar-refractivity contribution in [2.45, 2.75) is 57.4 Å². The highest BCUT2D eigenvalue weighted by atomic mass is 19.4. The summed E-state index contributed by atoms with van der Waals surface area (Å²) in [6.07, 6.45) is -3.60. The maximum absolute atomic E-state index is 12.4. The van der Waals surface area contributed by atoms with Crippen molar-refractivity contribution in [3.8, 4) is 0 Å². The first-order valence-corrected chi connectivity index (χ1v) is 12.5. The maximum Gasteiger partial charge on any atom is 0.389 e. The van der Waals surface area contributed by atoms with Crippen LogP contribution in [0.25, 0.3) is 0 Å². The normalized spacial score (nSPS) is 19.9. The van der Waals surface area contributed by atoms with Crippen molar-refractivity contribution in [2.75, 3.05) is 26.6 Å². The number of anilines is 1. The van der Waals surface area contributed by atoms with Gasteiger partial charge < -0.3 is 24.7 Å². The minimum absolute atomic E-state index is 0.0569. The number of rotatable bonds is 10. The van der Waals surface area contributed by atoms with Gasteiger partial charge in [0.15, 0.2) is 6.23 Å². The Bertz CT molecular complexity index is 1180. The van der Waals surface area contributed by atoms with Crippen LogP contribution in [0.1, 0.15) is 42.4 Å². The van der Waals surface area contributed by atoms with Gasteiger partial charge in [-0.15, -0.1) is 0 Å². The molecule has 0 aliphatic carbocycles. The minimum Gasteiger partial charge on any atom is -0.459 e. The predicted octanol–water partition coefficient (Wildman–Crippen LogP) is 3.07. The molecule has 1 aromatic heterocycles. The van der Waals surface area contributed by atoms with Gasteiger partial charge in [0, 0.05) is 26.8 Å². The van der Waals surface area contributed by atoms with Gasteiger partial charge in [-0.3, -0.25) is 14.2 Å². The van der Waals surface area contributed by atoms with Crippen molar-refractivity contribution in [1.82, 2.24) is 9.55 Å². The zero-order chi connectivity index (χ0) is 31.0. The first-order chi connectivity index (χ1) is 19.5. The van der Waals surface area contributed by atoms with Gasteiger partial charge >= 0.3 is 17.8 Å². The lowest BCUT2D eigenvalue weighted by atomic mass is 10.1. The molecule has 0 radical (unpaired) electrons. The fraction of sp³-hybridized carbons (Fsp3) is 0.444. The number of aldehydes is 2. The number of ether oxygens (including phenoxy) is 4. The van der Waals surface area contributed by atoms with Gasteiger partial charge in [0.05, 0.1) is 5.56 Å². The molecular formula is C27H34F3N3O8. The molecule has 41 heavy (non-hydrogen) atoms. The van der Waals surface area contributed by atoms with E-state index in [4.69, 9.17) is 24.7 Å². The predicted molar refractivity (Wildman–Crippen MR) is 142 cm³/mol. The Balaban J connectivity index is 0.000000931. The average Bonchev–Trinajstić information content (AvgIpc) is 3.32. The summed E-state index contributed by atoms with van der Waals surface area (Å²) in [7, 11) is 2.86. The van der Waals surface area contributed by atoms with Crippen LogP contribution in [0.2, 0.25) is 0 Å². The van der Waals surface area contributed by atoms with Gasteiger partial charge in [-0.05, 0) is 42.3 Å². The molecule has 1 fully saturated rings. The average molecular weight is 586 g/mol. The summed E-state index contributed by atoms with van der Waals surface area (Å²) in [5.41, 5.74) is 5.52. The van der Waals surface area contributed by atoms with E-state index in [-0.39, 0.29) is 24.4 Å². The molecule has 2 heterocycles. The summed E-state index contributed by atoms with van der Waals surface area (Å²) in [4.78, 5) is 46.9. The van der Waals surface area contributed by atoms with Gasteiger partial charge in [0.2, 0.25) is 0 Å². The van der Waals surface area contributed by atoms with Crippen molar-refractivity contribution in [3.05, 3.63) is 70.3 Å². The Labute approximate surface area is 235 Å². The number of esters is 1. The van der Waals surface area contributed by atoms with E-state index in [0.717, 1.165) is 12.2 Å². The maximum atomic E-state index is 12.4. The van der Waals surface area contributed by atoms with Gasteiger partial charge in [0.25, 0.3) is 0 Å². The van der Waals surface area contributed by atoms with Gasteiger partial charge in [0.1, 0.15) is 43.3 Å². The Morgan fingerprint density at radius 3 is 2.12 bits per heavy atom. The zero-order valence-electron chi connectivity index (χ0n) is 23.1. The third kappa shape index (κ3) is 11.3. The first-order valence-electron chi connectivity index (χ1n) is 12.5. The quantitative estimate of drug-likeness (QED) is 0.250. The number of hydrogen-bond donors (Lipinski definition) is 1. The Morgan fingerprint density at radius 1 is 1.05 bits per heavy atom. The van der Waals surface area contributed by atoms with Crippen LogP contribution >= 0.6 is 0 Å².